The van der Waals surface area contributed by atoms with E-state index >= 15 is 0 Å². The molecule has 4 aromatic heterocycles. The van der Waals surface area contributed by atoms with Crippen LogP contribution in [0, 0.1) is 0 Å². The molecule has 0 aliphatic carbocycles. The monoisotopic (exact) mass is 387 g/mol. The Bertz CT molecular complexity index is 1300. The molecule has 7 nitrogen and oxygen atoms in total. The summed E-state index contributed by atoms with van der Waals surface area (Å²) in [7, 11) is 1.89. The van der Waals surface area contributed by atoms with Gasteiger partial charge in [-0.3, -0.25) is 9.67 Å². The molecular formula is C20H17N7S. The molecule has 0 saturated heterocycles. The van der Waals surface area contributed by atoms with Crippen molar-refractivity contribution in [3.8, 4) is 11.3 Å². The van der Waals surface area contributed by atoms with Crippen molar-refractivity contribution in [2.45, 2.75) is 23.4 Å². The van der Waals surface area contributed by atoms with Crippen LogP contribution >= 0.6 is 11.8 Å². The van der Waals surface area contributed by atoms with Crippen LogP contribution in [0.25, 0.3) is 27.8 Å². The van der Waals surface area contributed by atoms with E-state index in [0.29, 0.717) is 5.65 Å². The number of aryl methyl sites for hydroxylation is 2. The predicted molar refractivity (Wildman–Crippen MR) is 108 cm³/mol. The molecule has 0 saturated carbocycles. The lowest BCUT2D eigenvalue weighted by molar-refractivity contribution is 0.767. The maximum atomic E-state index is 4.72. The molecule has 8 heteroatoms. The highest BCUT2D eigenvalue weighted by molar-refractivity contribution is 7.99. The van der Waals surface area contributed by atoms with Crippen LogP contribution in [0.3, 0.4) is 0 Å². The molecule has 0 unspecified atom stereocenters. The minimum atomic E-state index is 0.715. The van der Waals surface area contributed by atoms with Crippen molar-refractivity contribution in [1.29, 1.82) is 0 Å². The van der Waals surface area contributed by atoms with E-state index in [1.54, 1.807) is 27.2 Å². The van der Waals surface area contributed by atoms with Gasteiger partial charge >= 0.3 is 0 Å². The molecule has 4 heterocycles. The van der Waals surface area contributed by atoms with Crippen LogP contribution in [0.1, 0.15) is 12.5 Å². The van der Waals surface area contributed by atoms with E-state index in [1.165, 1.54) is 10.9 Å². The second-order valence-electron chi connectivity index (χ2n) is 6.48. The zero-order valence-corrected chi connectivity index (χ0v) is 16.3. The lowest BCUT2D eigenvalue weighted by Crippen LogP contribution is -1.96. The van der Waals surface area contributed by atoms with E-state index in [0.717, 1.165) is 33.2 Å². The van der Waals surface area contributed by atoms with Crippen molar-refractivity contribution >= 4 is 28.3 Å². The Labute approximate surface area is 165 Å². The standard InChI is InChI=1S/C20H17N7S/c1-3-13-8-9-21-18-5-4-15(10-16(13)18)28-20-24-23-19-7-6-17(25-27(19)20)14-11-22-26(2)12-14/h4-12H,3H2,1-2H3. The first-order valence-electron chi connectivity index (χ1n) is 8.98. The van der Waals surface area contributed by atoms with Crippen LogP contribution in [0.2, 0.25) is 0 Å². The van der Waals surface area contributed by atoms with Gasteiger partial charge in [0.05, 0.1) is 17.4 Å². The lowest BCUT2D eigenvalue weighted by Gasteiger charge is -2.06. The summed E-state index contributed by atoms with van der Waals surface area (Å²) in [5, 5.41) is 19.4. The van der Waals surface area contributed by atoms with Gasteiger partial charge in [0, 0.05) is 35.3 Å². The topological polar surface area (TPSA) is 73.8 Å². The first kappa shape index (κ1) is 16.9. The largest absolute Gasteiger partial charge is 0.275 e. The van der Waals surface area contributed by atoms with Crippen LogP contribution in [0.4, 0.5) is 0 Å². The number of benzene rings is 1. The van der Waals surface area contributed by atoms with E-state index in [1.807, 2.05) is 31.6 Å². The third kappa shape index (κ3) is 2.91. The summed E-state index contributed by atoms with van der Waals surface area (Å²) >= 11 is 1.55. The zero-order valence-electron chi connectivity index (χ0n) is 15.4. The Balaban J connectivity index is 1.55. The number of pyridine rings is 1. The Morgan fingerprint density at radius 2 is 2.00 bits per heavy atom. The molecule has 138 valence electrons. The Kier molecular flexibility index (Phi) is 4.05. The molecule has 0 aliphatic heterocycles. The second kappa shape index (κ2) is 6.72. The maximum absolute atomic E-state index is 4.72. The Morgan fingerprint density at radius 1 is 1.07 bits per heavy atom. The van der Waals surface area contributed by atoms with Crippen LogP contribution < -0.4 is 0 Å². The summed E-state index contributed by atoms with van der Waals surface area (Å²) in [5.41, 5.74) is 4.80. The average Bonchev–Trinajstić information content (AvgIpc) is 3.33. The van der Waals surface area contributed by atoms with Gasteiger partial charge in [-0.1, -0.05) is 6.92 Å². The Hall–Kier alpha value is -3.26. The lowest BCUT2D eigenvalue weighted by atomic mass is 10.1. The maximum Gasteiger partial charge on any atom is 0.217 e. The van der Waals surface area contributed by atoms with Gasteiger partial charge < -0.3 is 0 Å². The number of fused-ring (bicyclic) bond motifs is 2. The number of hydrogen-bond donors (Lipinski definition) is 0. The quantitative estimate of drug-likeness (QED) is 0.467. The fraction of sp³-hybridized carbons (Fsp3) is 0.150. The first-order valence-corrected chi connectivity index (χ1v) is 9.80. The number of hydrogen-bond acceptors (Lipinski definition) is 6. The van der Waals surface area contributed by atoms with Gasteiger partial charge in [0.1, 0.15) is 0 Å². The molecule has 0 fully saturated rings. The molecular weight excluding hydrogens is 370 g/mol. The van der Waals surface area contributed by atoms with Crippen LogP contribution in [-0.4, -0.2) is 34.6 Å². The van der Waals surface area contributed by atoms with E-state index in [-0.39, 0.29) is 0 Å². The third-order valence-electron chi connectivity index (χ3n) is 4.63. The molecule has 0 radical (unpaired) electrons. The summed E-state index contributed by atoms with van der Waals surface area (Å²) in [4.78, 5) is 5.54. The van der Waals surface area contributed by atoms with Gasteiger partial charge in [-0.25, -0.2) is 0 Å². The normalized spacial score (nSPS) is 11.5. The molecule has 0 N–H and O–H groups in total. The number of nitrogens with zero attached hydrogens (tertiary/aromatic N) is 7. The predicted octanol–water partition coefficient (Wildman–Crippen LogP) is 3.79. The molecule has 0 aliphatic rings. The fourth-order valence-corrected chi connectivity index (χ4v) is 4.03. The summed E-state index contributed by atoms with van der Waals surface area (Å²) in [6.07, 6.45) is 6.57. The smallest absolute Gasteiger partial charge is 0.217 e. The van der Waals surface area contributed by atoms with Crippen molar-refractivity contribution in [2.24, 2.45) is 7.05 Å². The number of aromatic nitrogens is 7. The van der Waals surface area contributed by atoms with E-state index in [4.69, 9.17) is 5.10 Å². The van der Waals surface area contributed by atoms with Gasteiger partial charge in [-0.2, -0.15) is 14.7 Å². The van der Waals surface area contributed by atoms with Crippen molar-refractivity contribution in [2.75, 3.05) is 0 Å². The average molecular weight is 387 g/mol. The van der Waals surface area contributed by atoms with Gasteiger partial charge in [0.2, 0.25) is 5.16 Å². The molecule has 0 bridgehead atoms. The third-order valence-corrected chi connectivity index (χ3v) is 5.55. The van der Waals surface area contributed by atoms with Crippen LogP contribution in [0.5, 0.6) is 0 Å². The van der Waals surface area contributed by atoms with Crippen molar-refractivity contribution in [3.63, 3.8) is 0 Å². The van der Waals surface area contributed by atoms with E-state index in [9.17, 15) is 0 Å². The molecule has 0 amide bonds. The first-order chi connectivity index (χ1) is 13.7. The highest BCUT2D eigenvalue weighted by Crippen LogP contribution is 2.30. The Morgan fingerprint density at radius 3 is 2.82 bits per heavy atom. The minimum Gasteiger partial charge on any atom is -0.275 e. The minimum absolute atomic E-state index is 0.715. The molecule has 5 aromatic rings. The number of rotatable bonds is 4. The van der Waals surface area contributed by atoms with E-state index < -0.39 is 0 Å². The second-order valence-corrected chi connectivity index (χ2v) is 7.52. The highest BCUT2D eigenvalue weighted by Gasteiger charge is 2.12. The van der Waals surface area contributed by atoms with Gasteiger partial charge in [-0.15, -0.1) is 10.2 Å². The van der Waals surface area contributed by atoms with Crippen molar-refractivity contribution in [3.05, 3.63) is 60.6 Å². The summed E-state index contributed by atoms with van der Waals surface area (Å²) in [6.45, 7) is 2.16. The summed E-state index contributed by atoms with van der Waals surface area (Å²) in [5.74, 6) is 0. The summed E-state index contributed by atoms with van der Waals surface area (Å²) in [6, 6.07) is 12.2. The molecule has 0 atom stereocenters. The van der Waals surface area contributed by atoms with Gasteiger partial charge in [-0.05, 0) is 60.1 Å². The molecule has 0 spiro atoms. The zero-order chi connectivity index (χ0) is 19.1. The van der Waals surface area contributed by atoms with Crippen LogP contribution in [-0.2, 0) is 13.5 Å². The van der Waals surface area contributed by atoms with Crippen molar-refractivity contribution in [1.82, 2.24) is 34.6 Å². The SMILES string of the molecule is CCc1ccnc2ccc(Sc3nnc4ccc(-c5cnn(C)c5)nn34)cc12. The van der Waals surface area contributed by atoms with E-state index in [2.05, 4.69) is 51.5 Å². The molecule has 28 heavy (non-hydrogen) atoms. The van der Waals surface area contributed by atoms with Crippen LogP contribution in [0.15, 0.2) is 65.0 Å². The molecule has 5 rings (SSSR count). The van der Waals surface area contributed by atoms with Gasteiger partial charge in [0.25, 0.3) is 0 Å². The summed E-state index contributed by atoms with van der Waals surface area (Å²) < 4.78 is 3.54. The molecule has 1 aromatic carbocycles. The van der Waals surface area contributed by atoms with Gasteiger partial charge in [0.15, 0.2) is 5.65 Å². The fourth-order valence-electron chi connectivity index (χ4n) is 3.20. The highest BCUT2D eigenvalue weighted by atomic mass is 32.2. The van der Waals surface area contributed by atoms with Crippen molar-refractivity contribution < 1.29 is 0 Å².